The Bertz CT molecular complexity index is 208. The number of amides is 1. The molecule has 13 heavy (non-hydrogen) atoms. The molecule has 1 rings (SSSR count). The minimum absolute atomic E-state index is 0.345. The van der Waals surface area contributed by atoms with Crippen molar-refractivity contribution in [2.75, 3.05) is 13.1 Å². The highest BCUT2D eigenvalue weighted by Crippen LogP contribution is 2.12. The van der Waals surface area contributed by atoms with Gasteiger partial charge in [-0.3, -0.25) is 4.79 Å². The van der Waals surface area contributed by atoms with Crippen molar-refractivity contribution in [2.24, 2.45) is 0 Å². The van der Waals surface area contributed by atoms with Crippen LogP contribution in [0.3, 0.4) is 0 Å². The van der Waals surface area contributed by atoms with E-state index in [-0.39, 0.29) is 0 Å². The van der Waals surface area contributed by atoms with Crippen molar-refractivity contribution in [3.63, 3.8) is 0 Å². The zero-order valence-electron chi connectivity index (χ0n) is 8.68. The monoisotopic (exact) mass is 181 g/mol. The van der Waals surface area contributed by atoms with Gasteiger partial charge in [-0.25, -0.2) is 0 Å². The summed E-state index contributed by atoms with van der Waals surface area (Å²) >= 11 is 0. The summed E-state index contributed by atoms with van der Waals surface area (Å²) in [4.78, 5) is 13.2. The molecule has 0 saturated carbocycles. The number of allylic oxidation sites excluding steroid dienone is 2. The van der Waals surface area contributed by atoms with Crippen LogP contribution >= 0.6 is 0 Å². The first-order valence-electron chi connectivity index (χ1n) is 5.13. The summed E-state index contributed by atoms with van der Waals surface area (Å²) in [6.07, 6.45) is 6.21. The molecule has 0 atom stereocenters. The maximum atomic E-state index is 11.2. The van der Waals surface area contributed by atoms with E-state index in [1.807, 2.05) is 4.90 Å². The lowest BCUT2D eigenvalue weighted by molar-refractivity contribution is -0.127. The van der Waals surface area contributed by atoms with E-state index in [9.17, 15) is 4.79 Å². The summed E-state index contributed by atoms with van der Waals surface area (Å²) in [5.41, 5.74) is 1.42. The molecule has 0 aromatic carbocycles. The van der Waals surface area contributed by atoms with Crippen molar-refractivity contribution in [3.8, 4) is 0 Å². The van der Waals surface area contributed by atoms with Gasteiger partial charge in [0.05, 0.1) is 0 Å². The molecule has 0 N–H and O–H groups in total. The first kappa shape index (κ1) is 10.3. The second-order valence-corrected chi connectivity index (χ2v) is 3.72. The molecule has 1 aliphatic rings. The quantitative estimate of drug-likeness (QED) is 0.610. The number of nitrogens with zero attached hydrogens (tertiary/aromatic N) is 1. The van der Waals surface area contributed by atoms with E-state index in [1.54, 1.807) is 0 Å². The summed E-state index contributed by atoms with van der Waals surface area (Å²) in [6.45, 7) is 6.14. The zero-order chi connectivity index (χ0) is 9.68. The molecule has 74 valence electrons. The molecule has 0 unspecified atom stereocenters. The van der Waals surface area contributed by atoms with Crippen molar-refractivity contribution in [1.82, 2.24) is 4.90 Å². The predicted molar refractivity (Wildman–Crippen MR) is 54.5 cm³/mol. The number of carbonyl (C=O) groups excluding carboxylic acids is 1. The molecular formula is C11H19NO. The Morgan fingerprint density at radius 3 is 2.92 bits per heavy atom. The molecule has 0 radical (unpaired) electrons. The maximum Gasteiger partial charge on any atom is 0.222 e. The predicted octanol–water partition coefficient (Wildman–Crippen LogP) is 2.36. The first-order chi connectivity index (χ1) is 6.24. The van der Waals surface area contributed by atoms with Crippen molar-refractivity contribution < 1.29 is 4.79 Å². The van der Waals surface area contributed by atoms with Crippen LogP contribution in [-0.2, 0) is 4.79 Å². The van der Waals surface area contributed by atoms with Crippen LogP contribution in [-0.4, -0.2) is 23.9 Å². The van der Waals surface area contributed by atoms with Gasteiger partial charge in [0.25, 0.3) is 0 Å². The van der Waals surface area contributed by atoms with Crippen LogP contribution in [0.25, 0.3) is 0 Å². The third kappa shape index (κ3) is 3.21. The van der Waals surface area contributed by atoms with E-state index >= 15 is 0 Å². The minimum Gasteiger partial charge on any atom is -0.343 e. The molecule has 0 spiro atoms. The van der Waals surface area contributed by atoms with Crippen LogP contribution in [0.4, 0.5) is 0 Å². The lowest BCUT2D eigenvalue weighted by atomic mass is 10.1. The third-order valence-corrected chi connectivity index (χ3v) is 2.66. The van der Waals surface area contributed by atoms with E-state index in [2.05, 4.69) is 19.9 Å². The Balaban J connectivity index is 2.15. The van der Waals surface area contributed by atoms with Gasteiger partial charge < -0.3 is 4.90 Å². The average molecular weight is 181 g/mol. The van der Waals surface area contributed by atoms with Crippen LogP contribution < -0.4 is 0 Å². The van der Waals surface area contributed by atoms with Gasteiger partial charge in [0.1, 0.15) is 0 Å². The fourth-order valence-corrected chi connectivity index (χ4v) is 1.63. The van der Waals surface area contributed by atoms with Crippen LogP contribution in [0, 0.1) is 0 Å². The molecule has 0 bridgehead atoms. The van der Waals surface area contributed by atoms with E-state index < -0.39 is 0 Å². The number of hydrogen-bond donors (Lipinski definition) is 0. The smallest absolute Gasteiger partial charge is 0.222 e. The molecule has 1 saturated heterocycles. The van der Waals surface area contributed by atoms with E-state index in [1.165, 1.54) is 5.57 Å². The topological polar surface area (TPSA) is 20.3 Å². The van der Waals surface area contributed by atoms with Gasteiger partial charge in [0.15, 0.2) is 0 Å². The fraction of sp³-hybridized carbons (Fsp3) is 0.727. The molecule has 1 aliphatic heterocycles. The van der Waals surface area contributed by atoms with Crippen molar-refractivity contribution in [1.29, 1.82) is 0 Å². The third-order valence-electron chi connectivity index (χ3n) is 2.66. The Hall–Kier alpha value is -0.790. The fourth-order valence-electron chi connectivity index (χ4n) is 1.63. The minimum atomic E-state index is 0.345. The van der Waals surface area contributed by atoms with Gasteiger partial charge in [0.2, 0.25) is 5.91 Å². The van der Waals surface area contributed by atoms with Crippen LogP contribution in [0.5, 0.6) is 0 Å². The lowest BCUT2D eigenvalue weighted by Gasteiger charge is -2.14. The second-order valence-electron chi connectivity index (χ2n) is 3.72. The molecule has 0 aliphatic carbocycles. The van der Waals surface area contributed by atoms with Crippen LogP contribution in [0.2, 0.25) is 0 Å². The van der Waals surface area contributed by atoms with Gasteiger partial charge in [-0.1, -0.05) is 11.6 Å². The van der Waals surface area contributed by atoms with Gasteiger partial charge in [-0.15, -0.1) is 0 Å². The molecule has 0 aromatic rings. The maximum absolute atomic E-state index is 11.2. The van der Waals surface area contributed by atoms with E-state index in [0.29, 0.717) is 5.91 Å². The highest BCUT2D eigenvalue weighted by atomic mass is 16.2. The highest BCUT2D eigenvalue weighted by molar-refractivity contribution is 5.77. The van der Waals surface area contributed by atoms with Gasteiger partial charge in [0, 0.05) is 19.5 Å². The van der Waals surface area contributed by atoms with E-state index in [0.717, 1.165) is 38.8 Å². The number of likely N-dealkylation sites (tertiary alicyclic amines) is 1. The lowest BCUT2D eigenvalue weighted by Crippen LogP contribution is -2.25. The van der Waals surface area contributed by atoms with Gasteiger partial charge >= 0.3 is 0 Å². The van der Waals surface area contributed by atoms with Crippen LogP contribution in [0.15, 0.2) is 11.6 Å². The Labute approximate surface area is 80.6 Å². The van der Waals surface area contributed by atoms with Crippen molar-refractivity contribution in [3.05, 3.63) is 11.6 Å². The summed E-state index contributed by atoms with van der Waals surface area (Å²) in [5.74, 6) is 0.345. The van der Waals surface area contributed by atoms with Gasteiger partial charge in [-0.2, -0.15) is 0 Å². The summed E-state index contributed by atoms with van der Waals surface area (Å²) in [7, 11) is 0. The number of hydrogen-bond acceptors (Lipinski definition) is 1. The SMILES string of the molecule is C/C=C(\C)CCCN1CCCC1=O. The Morgan fingerprint density at radius 2 is 2.38 bits per heavy atom. The molecule has 2 heteroatoms. The number of rotatable bonds is 4. The normalized spacial score (nSPS) is 18.5. The van der Waals surface area contributed by atoms with Gasteiger partial charge in [-0.05, 0) is 33.1 Å². The zero-order valence-corrected chi connectivity index (χ0v) is 8.68. The summed E-state index contributed by atoms with van der Waals surface area (Å²) in [5, 5.41) is 0. The molecule has 0 aromatic heterocycles. The molecule has 1 heterocycles. The van der Waals surface area contributed by atoms with Crippen molar-refractivity contribution >= 4 is 5.91 Å². The average Bonchev–Trinajstić information content (AvgIpc) is 2.52. The Morgan fingerprint density at radius 1 is 1.62 bits per heavy atom. The standard InChI is InChI=1S/C11H19NO/c1-3-10(2)6-4-8-12-9-5-7-11(12)13/h3H,4-9H2,1-2H3/b10-3+. The second kappa shape index (κ2) is 5.05. The Kier molecular flexibility index (Phi) is 4.00. The summed E-state index contributed by atoms with van der Waals surface area (Å²) < 4.78 is 0. The molecule has 2 nitrogen and oxygen atoms in total. The summed E-state index contributed by atoms with van der Waals surface area (Å²) in [6, 6.07) is 0. The van der Waals surface area contributed by atoms with Crippen LogP contribution in [0.1, 0.15) is 39.5 Å². The largest absolute Gasteiger partial charge is 0.343 e. The highest BCUT2D eigenvalue weighted by Gasteiger charge is 2.18. The molecule has 1 amide bonds. The van der Waals surface area contributed by atoms with Crippen molar-refractivity contribution in [2.45, 2.75) is 39.5 Å². The number of carbonyl (C=O) groups is 1. The van der Waals surface area contributed by atoms with E-state index in [4.69, 9.17) is 0 Å². The molecular weight excluding hydrogens is 162 g/mol. The first-order valence-corrected chi connectivity index (χ1v) is 5.13. The molecule has 1 fully saturated rings.